The maximum atomic E-state index is 13.3. The summed E-state index contributed by atoms with van der Waals surface area (Å²) in [7, 11) is 0. The van der Waals surface area contributed by atoms with Gasteiger partial charge in [0.05, 0.1) is 6.61 Å². The van der Waals surface area contributed by atoms with Gasteiger partial charge in [-0.3, -0.25) is 4.79 Å². The highest BCUT2D eigenvalue weighted by Gasteiger charge is 2.17. The molecule has 0 saturated heterocycles. The van der Waals surface area contributed by atoms with Crippen molar-refractivity contribution in [2.45, 2.75) is 26.8 Å². The van der Waals surface area contributed by atoms with E-state index in [1.54, 1.807) is 19.1 Å². The van der Waals surface area contributed by atoms with Crippen LogP contribution in [-0.2, 0) is 16.1 Å². The van der Waals surface area contributed by atoms with E-state index in [9.17, 15) is 9.59 Å². The Morgan fingerprint density at radius 1 is 0.886 bits per heavy atom. The molecule has 0 fully saturated rings. The van der Waals surface area contributed by atoms with Crippen molar-refractivity contribution < 1.29 is 28.5 Å². The minimum Gasteiger partial charge on any atom is -0.482 e. The highest BCUT2D eigenvalue weighted by Crippen LogP contribution is 2.36. The van der Waals surface area contributed by atoms with Crippen LogP contribution in [-0.4, -0.2) is 43.3 Å². The lowest BCUT2D eigenvalue weighted by Crippen LogP contribution is -2.31. The number of rotatable bonds is 10. The van der Waals surface area contributed by atoms with Crippen LogP contribution in [0.3, 0.4) is 0 Å². The monoisotopic (exact) mass is 475 g/mol. The summed E-state index contributed by atoms with van der Waals surface area (Å²) in [4.78, 5) is 26.6. The van der Waals surface area contributed by atoms with Gasteiger partial charge in [-0.25, -0.2) is 4.79 Å². The van der Waals surface area contributed by atoms with Gasteiger partial charge in [-0.15, -0.1) is 0 Å². The van der Waals surface area contributed by atoms with Crippen LogP contribution in [0.1, 0.15) is 36.2 Å². The van der Waals surface area contributed by atoms with Gasteiger partial charge in [0.2, 0.25) is 6.79 Å². The largest absolute Gasteiger partial charge is 0.482 e. The summed E-state index contributed by atoms with van der Waals surface area (Å²) in [6, 6.07) is 20.8. The molecular weight excluding hydrogens is 446 g/mol. The van der Waals surface area contributed by atoms with Crippen molar-refractivity contribution in [1.82, 2.24) is 4.90 Å². The second-order valence-corrected chi connectivity index (χ2v) is 8.11. The lowest BCUT2D eigenvalue weighted by atomic mass is 10.0. The van der Waals surface area contributed by atoms with Gasteiger partial charge in [0, 0.05) is 18.7 Å². The SMILES string of the molecule is CCCN(Cc1ccc(OCC(=O)OCC)cc1)C(=O)c1ccc(-c2ccc3c(c2)OCO3)cc1. The van der Waals surface area contributed by atoms with Gasteiger partial charge < -0.3 is 23.8 Å². The minimum atomic E-state index is -0.402. The summed E-state index contributed by atoms with van der Waals surface area (Å²) < 4.78 is 21.2. The van der Waals surface area contributed by atoms with Gasteiger partial charge in [0.1, 0.15) is 5.75 Å². The van der Waals surface area contributed by atoms with E-state index in [0.717, 1.165) is 34.6 Å². The fourth-order valence-corrected chi connectivity index (χ4v) is 3.84. The Morgan fingerprint density at radius 2 is 1.60 bits per heavy atom. The maximum absolute atomic E-state index is 13.3. The lowest BCUT2D eigenvalue weighted by molar-refractivity contribution is -0.145. The van der Waals surface area contributed by atoms with Gasteiger partial charge in [-0.05, 0) is 66.4 Å². The molecule has 0 aromatic heterocycles. The second kappa shape index (κ2) is 11.4. The van der Waals surface area contributed by atoms with E-state index in [0.29, 0.717) is 31.0 Å². The molecule has 0 radical (unpaired) electrons. The molecule has 0 N–H and O–H groups in total. The van der Waals surface area contributed by atoms with Crippen LogP contribution in [0.15, 0.2) is 66.7 Å². The number of nitrogens with zero attached hydrogens (tertiary/aromatic N) is 1. The van der Waals surface area contributed by atoms with Crippen molar-refractivity contribution in [3.05, 3.63) is 77.9 Å². The quantitative estimate of drug-likeness (QED) is 0.381. The first-order valence-electron chi connectivity index (χ1n) is 11.7. The van der Waals surface area contributed by atoms with Crippen LogP contribution in [0.4, 0.5) is 0 Å². The van der Waals surface area contributed by atoms with Crippen molar-refractivity contribution in [2.75, 3.05) is 26.6 Å². The molecular formula is C28H29NO6. The van der Waals surface area contributed by atoms with Crippen LogP contribution in [0, 0.1) is 0 Å². The van der Waals surface area contributed by atoms with Gasteiger partial charge in [0.15, 0.2) is 18.1 Å². The second-order valence-electron chi connectivity index (χ2n) is 8.11. The molecule has 7 heteroatoms. The Hall–Kier alpha value is -4.00. The predicted molar refractivity (Wildman–Crippen MR) is 132 cm³/mol. The Balaban J connectivity index is 1.40. The van der Waals surface area contributed by atoms with Gasteiger partial charge in [-0.1, -0.05) is 37.3 Å². The van der Waals surface area contributed by atoms with Gasteiger partial charge in [-0.2, -0.15) is 0 Å². The molecule has 0 atom stereocenters. The molecule has 1 heterocycles. The Morgan fingerprint density at radius 3 is 2.31 bits per heavy atom. The van der Waals surface area contributed by atoms with E-state index in [2.05, 4.69) is 6.92 Å². The zero-order chi connectivity index (χ0) is 24.6. The Labute approximate surface area is 205 Å². The van der Waals surface area contributed by atoms with Gasteiger partial charge >= 0.3 is 5.97 Å². The molecule has 1 aliphatic rings. The van der Waals surface area contributed by atoms with E-state index in [1.807, 2.05) is 59.5 Å². The zero-order valence-electron chi connectivity index (χ0n) is 20.0. The number of benzene rings is 3. The lowest BCUT2D eigenvalue weighted by Gasteiger charge is -2.22. The summed E-state index contributed by atoms with van der Waals surface area (Å²) in [5.74, 6) is 1.63. The minimum absolute atomic E-state index is 0.0216. The molecule has 1 amide bonds. The number of esters is 1. The molecule has 3 aromatic rings. The highest BCUT2D eigenvalue weighted by atomic mass is 16.7. The van der Waals surface area contributed by atoms with Crippen molar-refractivity contribution >= 4 is 11.9 Å². The normalized spacial score (nSPS) is 11.7. The fourth-order valence-electron chi connectivity index (χ4n) is 3.84. The third-order valence-corrected chi connectivity index (χ3v) is 5.58. The molecule has 0 bridgehead atoms. The van der Waals surface area contributed by atoms with E-state index in [1.165, 1.54) is 0 Å². The number of ether oxygens (including phenoxy) is 4. The molecule has 0 aliphatic carbocycles. The maximum Gasteiger partial charge on any atom is 0.344 e. The molecule has 1 aliphatic heterocycles. The number of carbonyl (C=O) groups excluding carboxylic acids is 2. The molecule has 0 saturated carbocycles. The first kappa shape index (κ1) is 24.1. The van der Waals surface area contributed by atoms with E-state index in [-0.39, 0.29) is 19.3 Å². The van der Waals surface area contributed by atoms with Crippen LogP contribution in [0.2, 0.25) is 0 Å². The highest BCUT2D eigenvalue weighted by molar-refractivity contribution is 5.94. The number of carbonyl (C=O) groups is 2. The van der Waals surface area contributed by atoms with Crippen LogP contribution in [0.5, 0.6) is 17.2 Å². The third-order valence-electron chi connectivity index (χ3n) is 5.58. The number of hydrogen-bond donors (Lipinski definition) is 0. The van der Waals surface area contributed by atoms with Crippen molar-refractivity contribution in [1.29, 1.82) is 0 Å². The van der Waals surface area contributed by atoms with Crippen LogP contribution >= 0.6 is 0 Å². The predicted octanol–water partition coefficient (Wildman–Crippen LogP) is 5.08. The summed E-state index contributed by atoms with van der Waals surface area (Å²) in [6.45, 7) is 5.36. The topological polar surface area (TPSA) is 74.3 Å². The first-order chi connectivity index (χ1) is 17.1. The Kier molecular flexibility index (Phi) is 7.88. The number of amides is 1. The fraction of sp³-hybridized carbons (Fsp3) is 0.286. The molecule has 0 spiro atoms. The Bertz CT molecular complexity index is 1160. The van der Waals surface area contributed by atoms with Gasteiger partial charge in [0.25, 0.3) is 5.91 Å². The van der Waals surface area contributed by atoms with E-state index < -0.39 is 5.97 Å². The summed E-state index contributed by atoms with van der Waals surface area (Å²) in [5, 5.41) is 0. The molecule has 35 heavy (non-hydrogen) atoms. The van der Waals surface area contributed by atoms with Crippen molar-refractivity contribution in [3.63, 3.8) is 0 Å². The molecule has 7 nitrogen and oxygen atoms in total. The molecule has 0 unspecified atom stereocenters. The summed E-state index contributed by atoms with van der Waals surface area (Å²) >= 11 is 0. The summed E-state index contributed by atoms with van der Waals surface area (Å²) in [5.41, 5.74) is 3.62. The summed E-state index contributed by atoms with van der Waals surface area (Å²) in [6.07, 6.45) is 0.849. The van der Waals surface area contributed by atoms with Crippen LogP contribution < -0.4 is 14.2 Å². The smallest absolute Gasteiger partial charge is 0.344 e. The van der Waals surface area contributed by atoms with Crippen molar-refractivity contribution in [2.24, 2.45) is 0 Å². The molecule has 4 rings (SSSR count). The van der Waals surface area contributed by atoms with Crippen LogP contribution in [0.25, 0.3) is 11.1 Å². The van der Waals surface area contributed by atoms with Crippen molar-refractivity contribution in [3.8, 4) is 28.4 Å². The number of fused-ring (bicyclic) bond motifs is 1. The average Bonchev–Trinajstić information content (AvgIpc) is 3.36. The zero-order valence-corrected chi connectivity index (χ0v) is 20.0. The first-order valence-corrected chi connectivity index (χ1v) is 11.7. The standard InChI is InChI=1S/C28H29NO6/c1-3-15-29(17-20-5-12-24(13-6-20)33-18-27(30)32-4-2)28(31)22-9-7-21(8-10-22)23-11-14-25-26(16-23)35-19-34-25/h5-14,16H,3-4,15,17-19H2,1-2H3. The van der Waals surface area contributed by atoms with E-state index >= 15 is 0 Å². The molecule has 182 valence electrons. The third kappa shape index (κ3) is 6.12. The number of hydrogen-bond acceptors (Lipinski definition) is 6. The average molecular weight is 476 g/mol. The molecule has 3 aromatic carbocycles. The van der Waals surface area contributed by atoms with E-state index in [4.69, 9.17) is 18.9 Å².